The summed E-state index contributed by atoms with van der Waals surface area (Å²) in [4.78, 5) is 50.2. The minimum atomic E-state index is -0.792. The van der Waals surface area contributed by atoms with Gasteiger partial charge in [-0.05, 0) is 32.9 Å². The van der Waals surface area contributed by atoms with Gasteiger partial charge in [0.2, 0.25) is 0 Å². The van der Waals surface area contributed by atoms with E-state index >= 15 is 0 Å². The topological polar surface area (TPSA) is 126 Å². The number of thiazole rings is 1. The zero-order valence-corrected chi connectivity index (χ0v) is 24.4. The van der Waals surface area contributed by atoms with E-state index in [1.807, 2.05) is 18.2 Å². The molecule has 0 bridgehead atoms. The number of oxime groups is 1. The lowest BCUT2D eigenvalue weighted by Crippen LogP contribution is -2.53. The average molecular weight is 584 g/mol. The van der Waals surface area contributed by atoms with Crippen LogP contribution < -0.4 is 21.0 Å². The van der Waals surface area contributed by atoms with Gasteiger partial charge in [-0.2, -0.15) is 4.68 Å². The van der Waals surface area contributed by atoms with Crippen LogP contribution >= 0.6 is 11.3 Å². The maximum atomic E-state index is 13.9. The third-order valence-electron chi connectivity index (χ3n) is 6.21. The standard InChI is InChI=1S/C28H33N5O7S/c1-18(2)40-30-19(3)22-15-32(28(36)33(26(22)34)31(4)27(35)25-14-29-17-41-25)16-24(39-20-10-12-38-13-11-20)21-8-6-7-9-23(21)37-5/h6-9,14-18,20H,10-13H2,1-5H3/b24-16-,30-19+. The molecule has 1 aliphatic rings. The van der Waals surface area contributed by atoms with Crippen LogP contribution in [0.3, 0.4) is 0 Å². The van der Waals surface area contributed by atoms with Crippen molar-refractivity contribution in [2.75, 3.05) is 32.4 Å². The van der Waals surface area contributed by atoms with Gasteiger partial charge in [0.15, 0.2) is 0 Å². The SMILES string of the molecule is COc1ccccc1/C(=C/n1cc(/C(C)=N/OC(C)C)c(=O)n(N(C)C(=O)c2cncs2)c1=O)OC1CCOCC1. The molecule has 0 spiro atoms. The maximum Gasteiger partial charge on any atom is 0.354 e. The van der Waals surface area contributed by atoms with Crippen LogP contribution in [0.1, 0.15) is 54.4 Å². The van der Waals surface area contributed by atoms with Crippen LogP contribution in [0.5, 0.6) is 5.75 Å². The molecule has 2 aromatic heterocycles. The van der Waals surface area contributed by atoms with E-state index in [1.165, 1.54) is 35.7 Å². The fourth-order valence-electron chi connectivity index (χ4n) is 4.08. The summed E-state index contributed by atoms with van der Waals surface area (Å²) in [5.74, 6) is 0.306. The number of para-hydroxylation sites is 1. The molecule has 1 amide bonds. The summed E-state index contributed by atoms with van der Waals surface area (Å²) in [6, 6.07) is 7.25. The lowest BCUT2D eigenvalue weighted by Gasteiger charge is -2.26. The fourth-order valence-corrected chi connectivity index (χ4v) is 4.67. The summed E-state index contributed by atoms with van der Waals surface area (Å²) in [6.45, 7) is 6.29. The quantitative estimate of drug-likeness (QED) is 0.202. The Hall–Kier alpha value is -4.23. The lowest BCUT2D eigenvalue weighted by atomic mass is 10.1. The number of carbonyl (C=O) groups excluding carboxylic acids is 1. The molecule has 4 rings (SSSR count). The number of aromatic nitrogens is 3. The highest BCUT2D eigenvalue weighted by Crippen LogP contribution is 2.30. The predicted octanol–water partition coefficient (Wildman–Crippen LogP) is 3.18. The Morgan fingerprint density at radius 3 is 2.61 bits per heavy atom. The van der Waals surface area contributed by atoms with Gasteiger partial charge in [-0.1, -0.05) is 17.3 Å². The second-order valence-electron chi connectivity index (χ2n) is 9.50. The Labute approximate surface area is 241 Å². The first-order chi connectivity index (χ1) is 19.7. The van der Waals surface area contributed by atoms with Crippen molar-refractivity contribution in [3.63, 3.8) is 0 Å². The highest BCUT2D eigenvalue weighted by molar-refractivity contribution is 7.11. The van der Waals surface area contributed by atoms with E-state index in [1.54, 1.807) is 33.9 Å². The van der Waals surface area contributed by atoms with Crippen LogP contribution in [0.4, 0.5) is 0 Å². The largest absolute Gasteiger partial charge is 0.496 e. The van der Waals surface area contributed by atoms with Crippen molar-refractivity contribution in [1.82, 2.24) is 14.2 Å². The van der Waals surface area contributed by atoms with Crippen LogP contribution in [0.25, 0.3) is 12.0 Å². The second-order valence-corrected chi connectivity index (χ2v) is 10.4. The molecule has 218 valence electrons. The molecule has 0 atom stereocenters. The highest BCUT2D eigenvalue weighted by atomic mass is 32.1. The number of amides is 1. The molecule has 0 radical (unpaired) electrons. The third-order valence-corrected chi connectivity index (χ3v) is 6.97. The molecule has 1 saturated heterocycles. The molecule has 12 nitrogen and oxygen atoms in total. The van der Waals surface area contributed by atoms with E-state index in [4.69, 9.17) is 19.0 Å². The van der Waals surface area contributed by atoms with Crippen LogP contribution in [-0.4, -0.2) is 65.4 Å². The van der Waals surface area contributed by atoms with Crippen molar-refractivity contribution in [2.24, 2.45) is 5.16 Å². The lowest BCUT2D eigenvalue weighted by molar-refractivity contribution is 0.0139. The van der Waals surface area contributed by atoms with Crippen LogP contribution in [0, 0.1) is 0 Å². The van der Waals surface area contributed by atoms with Gasteiger partial charge in [-0.15, -0.1) is 11.3 Å². The normalized spacial score (nSPS) is 14.7. The van der Waals surface area contributed by atoms with Crippen molar-refractivity contribution >= 4 is 34.9 Å². The van der Waals surface area contributed by atoms with E-state index in [9.17, 15) is 14.4 Å². The van der Waals surface area contributed by atoms with Crippen molar-refractivity contribution < 1.29 is 23.8 Å². The predicted molar refractivity (Wildman–Crippen MR) is 156 cm³/mol. The zero-order valence-electron chi connectivity index (χ0n) is 23.6. The molecule has 0 N–H and O–H groups in total. The Balaban J connectivity index is 1.93. The number of ether oxygens (including phenoxy) is 3. The Morgan fingerprint density at radius 2 is 1.95 bits per heavy atom. The molecule has 3 aromatic rings. The van der Waals surface area contributed by atoms with Crippen LogP contribution in [-0.2, 0) is 14.3 Å². The molecule has 3 heterocycles. The van der Waals surface area contributed by atoms with Gasteiger partial charge in [0.25, 0.3) is 11.5 Å². The summed E-state index contributed by atoms with van der Waals surface area (Å²) in [5, 5.41) is 5.03. The molecule has 0 saturated carbocycles. The molecule has 1 aromatic carbocycles. The number of nitrogens with zero attached hydrogens (tertiary/aromatic N) is 5. The second kappa shape index (κ2) is 13.4. The Morgan fingerprint density at radius 1 is 1.22 bits per heavy atom. The molecule has 13 heteroatoms. The molecule has 0 aliphatic carbocycles. The van der Waals surface area contributed by atoms with Gasteiger partial charge >= 0.3 is 5.69 Å². The van der Waals surface area contributed by atoms with E-state index in [2.05, 4.69) is 10.1 Å². The van der Waals surface area contributed by atoms with Gasteiger partial charge in [0.05, 0.1) is 55.1 Å². The first kappa shape index (κ1) is 29.7. The zero-order chi connectivity index (χ0) is 29.5. The van der Waals surface area contributed by atoms with Gasteiger partial charge in [-0.3, -0.25) is 19.1 Å². The molecule has 1 fully saturated rings. The number of hydrogen-bond acceptors (Lipinski definition) is 10. The van der Waals surface area contributed by atoms with Crippen molar-refractivity contribution in [1.29, 1.82) is 0 Å². The summed E-state index contributed by atoms with van der Waals surface area (Å²) < 4.78 is 19.4. The minimum absolute atomic E-state index is 0.0518. The highest BCUT2D eigenvalue weighted by Gasteiger charge is 2.24. The van der Waals surface area contributed by atoms with Crippen LogP contribution in [0.15, 0.2) is 56.9 Å². The monoisotopic (exact) mass is 583 g/mol. The Kier molecular flexibility index (Phi) is 9.73. The number of hydrogen-bond donors (Lipinski definition) is 0. The summed E-state index contributed by atoms with van der Waals surface area (Å²) in [5.41, 5.74) is 0.847. The van der Waals surface area contributed by atoms with Crippen molar-refractivity contribution in [3.8, 4) is 5.75 Å². The van der Waals surface area contributed by atoms with Gasteiger partial charge in [-0.25, -0.2) is 9.80 Å². The average Bonchev–Trinajstić information content (AvgIpc) is 3.52. The van der Waals surface area contributed by atoms with Gasteiger partial charge < -0.3 is 19.0 Å². The molecular weight excluding hydrogens is 550 g/mol. The molecule has 0 unspecified atom stereocenters. The smallest absolute Gasteiger partial charge is 0.354 e. The van der Waals surface area contributed by atoms with Gasteiger partial charge in [0.1, 0.15) is 28.6 Å². The van der Waals surface area contributed by atoms with E-state index < -0.39 is 17.2 Å². The third kappa shape index (κ3) is 6.92. The molecule has 1 aliphatic heterocycles. The number of methoxy groups -OCH3 is 1. The van der Waals surface area contributed by atoms with Crippen LogP contribution in [0.2, 0.25) is 0 Å². The van der Waals surface area contributed by atoms with E-state index in [-0.39, 0.29) is 28.4 Å². The minimum Gasteiger partial charge on any atom is -0.496 e. The first-order valence-electron chi connectivity index (χ1n) is 13.1. The first-order valence-corrected chi connectivity index (χ1v) is 13.9. The summed E-state index contributed by atoms with van der Waals surface area (Å²) >= 11 is 1.10. The van der Waals surface area contributed by atoms with Crippen molar-refractivity contribution in [3.05, 3.63) is 79.0 Å². The maximum absolute atomic E-state index is 13.9. The number of rotatable bonds is 10. The van der Waals surface area contributed by atoms with E-state index in [0.717, 1.165) is 21.0 Å². The summed E-state index contributed by atoms with van der Waals surface area (Å²) in [6.07, 6.45) is 5.14. The Bertz CT molecular complexity index is 1540. The number of carbonyl (C=O) groups is 1. The summed E-state index contributed by atoms with van der Waals surface area (Å²) in [7, 11) is 2.89. The number of benzene rings is 1. The van der Waals surface area contributed by atoms with Crippen molar-refractivity contribution in [2.45, 2.75) is 45.8 Å². The fraction of sp³-hybridized carbons (Fsp3) is 0.393. The van der Waals surface area contributed by atoms with Gasteiger partial charge in [0, 0.05) is 26.1 Å². The molecule has 41 heavy (non-hydrogen) atoms. The molecular formula is C28H33N5O7S. The van der Waals surface area contributed by atoms with E-state index in [0.29, 0.717) is 43.1 Å².